The van der Waals surface area contributed by atoms with E-state index in [2.05, 4.69) is 4.84 Å². The minimum absolute atomic E-state index is 0.136. The highest BCUT2D eigenvalue weighted by molar-refractivity contribution is 5.78. The monoisotopic (exact) mass is 322 g/mol. The molecule has 1 aliphatic rings. The average molecular weight is 322 g/mol. The van der Waals surface area contributed by atoms with Gasteiger partial charge in [-0.05, 0) is 24.8 Å². The number of ether oxygens (including phenoxy) is 1. The Morgan fingerprint density at radius 3 is 2.70 bits per heavy atom. The number of piperidine rings is 1. The SMILES string of the molecule is NOC(=O)N1CCCC(CCO)(C(=O)OCc2ccccc2)C1. The van der Waals surface area contributed by atoms with Crippen LogP contribution in [0.5, 0.6) is 0 Å². The quantitative estimate of drug-likeness (QED) is 0.624. The Kier molecular flexibility index (Phi) is 5.95. The van der Waals surface area contributed by atoms with Crippen molar-refractivity contribution in [3.8, 4) is 0 Å². The van der Waals surface area contributed by atoms with Crippen molar-refractivity contribution >= 4 is 12.1 Å². The summed E-state index contributed by atoms with van der Waals surface area (Å²) in [7, 11) is 0. The molecule has 1 atom stereocenters. The van der Waals surface area contributed by atoms with Crippen LogP contribution in [0.3, 0.4) is 0 Å². The summed E-state index contributed by atoms with van der Waals surface area (Å²) in [5.74, 6) is 4.51. The fourth-order valence-electron chi connectivity index (χ4n) is 2.93. The summed E-state index contributed by atoms with van der Waals surface area (Å²) in [6.45, 7) is 0.604. The van der Waals surface area contributed by atoms with E-state index < -0.39 is 17.5 Å². The maximum Gasteiger partial charge on any atom is 0.428 e. The predicted molar refractivity (Wildman–Crippen MR) is 81.8 cm³/mol. The molecule has 0 aromatic heterocycles. The standard InChI is InChI=1S/C16H22N2O5/c17-23-15(21)18-9-4-7-16(12-18,8-10-19)14(20)22-11-13-5-2-1-3-6-13/h1-3,5-6,19H,4,7-12,17H2. The number of rotatable bonds is 5. The van der Waals surface area contributed by atoms with Crippen molar-refractivity contribution in [1.82, 2.24) is 4.90 Å². The maximum atomic E-state index is 12.6. The van der Waals surface area contributed by atoms with E-state index in [1.165, 1.54) is 4.90 Å². The first-order valence-corrected chi connectivity index (χ1v) is 7.59. The van der Waals surface area contributed by atoms with E-state index in [9.17, 15) is 14.7 Å². The molecule has 1 amide bonds. The number of aliphatic hydroxyl groups is 1. The molecular formula is C16H22N2O5. The van der Waals surface area contributed by atoms with E-state index in [4.69, 9.17) is 10.6 Å². The van der Waals surface area contributed by atoms with E-state index in [-0.39, 0.29) is 26.2 Å². The second kappa shape index (κ2) is 7.94. The number of benzene rings is 1. The summed E-state index contributed by atoms with van der Waals surface area (Å²) in [6, 6.07) is 9.35. The number of carbonyl (C=O) groups excluding carboxylic acids is 2. The normalized spacial score (nSPS) is 20.9. The molecule has 1 fully saturated rings. The topological polar surface area (TPSA) is 102 Å². The van der Waals surface area contributed by atoms with Crippen molar-refractivity contribution < 1.29 is 24.3 Å². The molecule has 0 bridgehead atoms. The van der Waals surface area contributed by atoms with Gasteiger partial charge in [0.1, 0.15) is 6.61 Å². The third kappa shape index (κ3) is 4.20. The van der Waals surface area contributed by atoms with E-state index in [0.29, 0.717) is 19.4 Å². The molecule has 0 radical (unpaired) electrons. The maximum absolute atomic E-state index is 12.6. The minimum atomic E-state index is -0.921. The number of carbonyl (C=O) groups is 2. The van der Waals surface area contributed by atoms with Gasteiger partial charge >= 0.3 is 12.1 Å². The fourth-order valence-corrected chi connectivity index (χ4v) is 2.93. The highest BCUT2D eigenvalue weighted by Gasteiger charge is 2.44. The van der Waals surface area contributed by atoms with Crippen LogP contribution >= 0.6 is 0 Å². The molecular weight excluding hydrogens is 300 g/mol. The molecule has 0 saturated carbocycles. The van der Waals surface area contributed by atoms with Crippen LogP contribution in [0, 0.1) is 5.41 Å². The number of hydrogen-bond acceptors (Lipinski definition) is 6. The number of esters is 1. The zero-order chi connectivity index (χ0) is 16.7. The molecule has 3 N–H and O–H groups in total. The molecule has 23 heavy (non-hydrogen) atoms. The third-order valence-electron chi connectivity index (χ3n) is 4.17. The van der Waals surface area contributed by atoms with Crippen LogP contribution in [-0.4, -0.2) is 41.8 Å². The van der Waals surface area contributed by atoms with Gasteiger partial charge in [0.05, 0.1) is 5.41 Å². The van der Waals surface area contributed by atoms with Crippen molar-refractivity contribution in [3.05, 3.63) is 35.9 Å². The first kappa shape index (κ1) is 17.2. The van der Waals surface area contributed by atoms with Gasteiger partial charge in [-0.15, -0.1) is 0 Å². The Labute approximate surface area is 134 Å². The predicted octanol–water partition coefficient (Wildman–Crippen LogP) is 1.20. The van der Waals surface area contributed by atoms with Crippen molar-refractivity contribution in [1.29, 1.82) is 0 Å². The van der Waals surface area contributed by atoms with Crippen LogP contribution in [0.4, 0.5) is 4.79 Å². The van der Waals surface area contributed by atoms with Crippen molar-refractivity contribution in [2.45, 2.75) is 25.9 Å². The lowest BCUT2D eigenvalue weighted by molar-refractivity contribution is -0.162. The molecule has 1 aliphatic heterocycles. The Hall–Kier alpha value is -2.12. The summed E-state index contributed by atoms with van der Waals surface area (Å²) in [5, 5.41) is 9.33. The summed E-state index contributed by atoms with van der Waals surface area (Å²) in [4.78, 5) is 29.8. The average Bonchev–Trinajstić information content (AvgIpc) is 2.60. The first-order valence-electron chi connectivity index (χ1n) is 7.59. The van der Waals surface area contributed by atoms with Gasteiger partial charge < -0.3 is 19.6 Å². The number of likely N-dealkylation sites (tertiary alicyclic amines) is 1. The molecule has 7 heteroatoms. The Balaban J connectivity index is 2.06. The first-order chi connectivity index (χ1) is 11.1. The number of hydrogen-bond donors (Lipinski definition) is 2. The van der Waals surface area contributed by atoms with Gasteiger partial charge in [-0.1, -0.05) is 30.3 Å². The van der Waals surface area contributed by atoms with Crippen LogP contribution in [0.15, 0.2) is 30.3 Å². The zero-order valence-corrected chi connectivity index (χ0v) is 12.9. The van der Waals surface area contributed by atoms with Gasteiger partial charge in [0, 0.05) is 19.7 Å². The van der Waals surface area contributed by atoms with Crippen molar-refractivity contribution in [3.63, 3.8) is 0 Å². The van der Waals surface area contributed by atoms with Gasteiger partial charge in [-0.2, -0.15) is 5.90 Å². The van der Waals surface area contributed by atoms with Crippen molar-refractivity contribution in [2.24, 2.45) is 11.3 Å². The lowest BCUT2D eigenvalue weighted by Gasteiger charge is -2.39. The second-order valence-corrected chi connectivity index (χ2v) is 5.72. The molecule has 2 rings (SSSR count). The van der Waals surface area contributed by atoms with E-state index in [1.807, 2.05) is 30.3 Å². The molecule has 0 spiro atoms. The van der Waals surface area contributed by atoms with Crippen molar-refractivity contribution in [2.75, 3.05) is 19.7 Å². The molecule has 7 nitrogen and oxygen atoms in total. The Morgan fingerprint density at radius 2 is 2.04 bits per heavy atom. The van der Waals surface area contributed by atoms with Crippen LogP contribution in [-0.2, 0) is 21.0 Å². The fraction of sp³-hybridized carbons (Fsp3) is 0.500. The lowest BCUT2D eigenvalue weighted by atomic mass is 9.77. The van der Waals surface area contributed by atoms with E-state index in [0.717, 1.165) is 5.56 Å². The summed E-state index contributed by atoms with van der Waals surface area (Å²) >= 11 is 0. The summed E-state index contributed by atoms with van der Waals surface area (Å²) in [5.41, 5.74) is -0.0373. The molecule has 1 heterocycles. The number of amides is 1. The molecule has 0 aliphatic carbocycles. The van der Waals surface area contributed by atoms with Crippen LogP contribution in [0.25, 0.3) is 0 Å². The Morgan fingerprint density at radius 1 is 1.30 bits per heavy atom. The molecule has 1 aromatic carbocycles. The Bertz CT molecular complexity index is 533. The highest BCUT2D eigenvalue weighted by Crippen LogP contribution is 2.35. The minimum Gasteiger partial charge on any atom is -0.460 e. The van der Waals surface area contributed by atoms with Crippen LogP contribution < -0.4 is 5.90 Å². The van der Waals surface area contributed by atoms with Gasteiger partial charge in [-0.25, -0.2) is 4.79 Å². The molecule has 1 aromatic rings. The summed E-state index contributed by atoms with van der Waals surface area (Å²) in [6.07, 6.45) is 0.725. The number of aliphatic hydroxyl groups excluding tert-OH is 1. The largest absolute Gasteiger partial charge is 0.460 e. The zero-order valence-electron chi connectivity index (χ0n) is 12.9. The third-order valence-corrected chi connectivity index (χ3v) is 4.17. The smallest absolute Gasteiger partial charge is 0.428 e. The molecule has 1 saturated heterocycles. The van der Waals surface area contributed by atoms with Gasteiger partial charge in [-0.3, -0.25) is 4.79 Å². The summed E-state index contributed by atoms with van der Waals surface area (Å²) < 4.78 is 5.43. The molecule has 1 unspecified atom stereocenters. The number of nitrogens with two attached hydrogens (primary N) is 1. The van der Waals surface area contributed by atoms with Gasteiger partial charge in [0.15, 0.2) is 0 Å². The van der Waals surface area contributed by atoms with Gasteiger partial charge in [0.25, 0.3) is 0 Å². The number of nitrogens with zero attached hydrogens (tertiary/aromatic N) is 1. The van der Waals surface area contributed by atoms with Gasteiger partial charge in [0.2, 0.25) is 0 Å². The highest BCUT2D eigenvalue weighted by atomic mass is 16.7. The van der Waals surface area contributed by atoms with E-state index in [1.54, 1.807) is 0 Å². The van der Waals surface area contributed by atoms with E-state index >= 15 is 0 Å². The molecule has 126 valence electrons. The lowest BCUT2D eigenvalue weighted by Crippen LogP contribution is -2.51. The van der Waals surface area contributed by atoms with Crippen LogP contribution in [0.2, 0.25) is 0 Å². The van der Waals surface area contributed by atoms with Crippen LogP contribution in [0.1, 0.15) is 24.8 Å². The second-order valence-electron chi connectivity index (χ2n) is 5.72.